The summed E-state index contributed by atoms with van der Waals surface area (Å²) >= 11 is 5.93. The Bertz CT molecular complexity index is 925. The molecule has 2 amide bonds. The molecule has 0 saturated carbocycles. The van der Waals surface area contributed by atoms with Crippen LogP contribution in [-0.4, -0.2) is 22.8 Å². The molecule has 0 radical (unpaired) electrons. The van der Waals surface area contributed by atoms with E-state index in [0.29, 0.717) is 17.3 Å². The van der Waals surface area contributed by atoms with Gasteiger partial charge in [-0.3, -0.25) is 9.59 Å². The third-order valence-corrected chi connectivity index (χ3v) is 4.90. The first-order valence-electron chi connectivity index (χ1n) is 9.41. The predicted octanol–water partition coefficient (Wildman–Crippen LogP) is 4.21. The van der Waals surface area contributed by atoms with Crippen molar-refractivity contribution in [1.29, 1.82) is 0 Å². The summed E-state index contributed by atoms with van der Waals surface area (Å²) in [4.78, 5) is 27.4. The second kappa shape index (κ2) is 9.94. The number of furan rings is 1. The Balaban J connectivity index is 1.72. The third-order valence-electron chi connectivity index (χ3n) is 4.65. The Morgan fingerprint density at radius 3 is 2.38 bits per heavy atom. The molecule has 2 aromatic carbocycles. The first-order valence-corrected chi connectivity index (χ1v) is 9.78. The van der Waals surface area contributed by atoms with Crippen LogP contribution in [0.2, 0.25) is 5.02 Å². The van der Waals surface area contributed by atoms with Crippen LogP contribution in [0.15, 0.2) is 77.4 Å². The van der Waals surface area contributed by atoms with Crippen LogP contribution in [0.5, 0.6) is 0 Å². The van der Waals surface area contributed by atoms with Gasteiger partial charge in [0.15, 0.2) is 0 Å². The van der Waals surface area contributed by atoms with Gasteiger partial charge in [-0.2, -0.15) is 0 Å². The molecule has 150 valence electrons. The van der Waals surface area contributed by atoms with Crippen LogP contribution in [0.25, 0.3) is 0 Å². The van der Waals surface area contributed by atoms with E-state index in [1.165, 1.54) is 0 Å². The second-order valence-electron chi connectivity index (χ2n) is 6.78. The molecular weight excluding hydrogens is 388 g/mol. The largest absolute Gasteiger partial charge is 0.467 e. The van der Waals surface area contributed by atoms with Gasteiger partial charge in [-0.05, 0) is 42.3 Å². The Morgan fingerprint density at radius 1 is 1.00 bits per heavy atom. The molecule has 6 heteroatoms. The minimum absolute atomic E-state index is 0.128. The maximum absolute atomic E-state index is 13.1. The maximum atomic E-state index is 13.1. The van der Waals surface area contributed by atoms with Crippen molar-refractivity contribution in [3.05, 3.63) is 94.9 Å². The fraction of sp³-hybridized carbons (Fsp3) is 0.217. The van der Waals surface area contributed by atoms with Crippen LogP contribution < -0.4 is 5.32 Å². The lowest BCUT2D eigenvalue weighted by Crippen LogP contribution is -2.47. The lowest BCUT2D eigenvalue weighted by atomic mass is 10.1. The molecule has 3 rings (SSSR count). The van der Waals surface area contributed by atoms with Crippen molar-refractivity contribution in [3.8, 4) is 0 Å². The molecule has 0 fully saturated rings. The first kappa shape index (κ1) is 20.7. The van der Waals surface area contributed by atoms with Crippen molar-refractivity contribution in [2.24, 2.45) is 0 Å². The molecule has 0 bridgehead atoms. The fourth-order valence-electron chi connectivity index (χ4n) is 2.98. The predicted molar refractivity (Wildman–Crippen MR) is 112 cm³/mol. The number of amides is 2. The van der Waals surface area contributed by atoms with Crippen LogP contribution in [0, 0.1) is 0 Å². The minimum Gasteiger partial charge on any atom is -0.467 e. The Kier molecular flexibility index (Phi) is 7.09. The maximum Gasteiger partial charge on any atom is 0.242 e. The average molecular weight is 411 g/mol. The summed E-state index contributed by atoms with van der Waals surface area (Å²) in [7, 11) is 0. The molecule has 0 spiro atoms. The van der Waals surface area contributed by atoms with Gasteiger partial charge in [-0.15, -0.1) is 0 Å². The Morgan fingerprint density at radius 2 is 1.72 bits per heavy atom. The third kappa shape index (κ3) is 5.96. The van der Waals surface area contributed by atoms with Gasteiger partial charge in [0.05, 0.1) is 19.2 Å². The molecule has 29 heavy (non-hydrogen) atoms. The summed E-state index contributed by atoms with van der Waals surface area (Å²) in [6, 6.07) is 19.7. The van der Waals surface area contributed by atoms with Crippen molar-refractivity contribution >= 4 is 23.4 Å². The highest BCUT2D eigenvalue weighted by Crippen LogP contribution is 2.15. The number of carbonyl (C=O) groups is 2. The van der Waals surface area contributed by atoms with Crippen molar-refractivity contribution in [2.75, 3.05) is 0 Å². The number of halogens is 1. The molecule has 0 aliphatic carbocycles. The zero-order chi connectivity index (χ0) is 20.6. The van der Waals surface area contributed by atoms with Crippen molar-refractivity contribution < 1.29 is 14.0 Å². The number of nitrogens with zero attached hydrogens (tertiary/aromatic N) is 1. The summed E-state index contributed by atoms with van der Waals surface area (Å²) in [5, 5.41) is 3.45. The summed E-state index contributed by atoms with van der Waals surface area (Å²) in [5.41, 5.74) is 1.81. The number of benzene rings is 2. The molecular formula is C23H23ClN2O3. The van der Waals surface area contributed by atoms with Crippen molar-refractivity contribution in [3.63, 3.8) is 0 Å². The average Bonchev–Trinajstić information content (AvgIpc) is 3.26. The highest BCUT2D eigenvalue weighted by atomic mass is 35.5. The molecule has 0 aliphatic heterocycles. The highest BCUT2D eigenvalue weighted by molar-refractivity contribution is 6.30. The second-order valence-corrected chi connectivity index (χ2v) is 7.22. The topological polar surface area (TPSA) is 62.6 Å². The fourth-order valence-corrected chi connectivity index (χ4v) is 3.10. The highest BCUT2D eigenvalue weighted by Gasteiger charge is 2.26. The van der Waals surface area contributed by atoms with Gasteiger partial charge in [0.1, 0.15) is 11.8 Å². The van der Waals surface area contributed by atoms with Crippen molar-refractivity contribution in [2.45, 2.75) is 32.5 Å². The van der Waals surface area contributed by atoms with E-state index in [1.807, 2.05) is 42.5 Å². The van der Waals surface area contributed by atoms with E-state index in [2.05, 4.69) is 5.32 Å². The molecule has 1 N–H and O–H groups in total. The van der Waals surface area contributed by atoms with Gasteiger partial charge in [-0.1, -0.05) is 54.1 Å². The molecule has 1 aromatic heterocycles. The molecule has 1 heterocycles. The summed E-state index contributed by atoms with van der Waals surface area (Å²) < 4.78 is 5.25. The quantitative estimate of drug-likeness (QED) is 0.605. The molecule has 0 saturated heterocycles. The molecule has 0 aliphatic rings. The lowest BCUT2D eigenvalue weighted by molar-refractivity contribution is -0.140. The van der Waals surface area contributed by atoms with Crippen LogP contribution in [0.1, 0.15) is 23.8 Å². The minimum atomic E-state index is -0.634. The smallest absolute Gasteiger partial charge is 0.242 e. The van der Waals surface area contributed by atoms with Gasteiger partial charge in [0.2, 0.25) is 11.8 Å². The number of carbonyl (C=O) groups excluding carboxylic acids is 2. The van der Waals surface area contributed by atoms with E-state index in [9.17, 15) is 9.59 Å². The molecule has 1 atom stereocenters. The molecule has 5 nitrogen and oxygen atoms in total. The van der Waals surface area contributed by atoms with E-state index >= 15 is 0 Å². The van der Waals surface area contributed by atoms with E-state index in [0.717, 1.165) is 11.1 Å². The van der Waals surface area contributed by atoms with E-state index in [-0.39, 0.29) is 24.8 Å². The van der Waals surface area contributed by atoms with E-state index < -0.39 is 6.04 Å². The van der Waals surface area contributed by atoms with Gasteiger partial charge < -0.3 is 14.6 Å². The monoisotopic (exact) mass is 410 g/mol. The summed E-state index contributed by atoms with van der Waals surface area (Å²) in [5.74, 6) is 0.297. The van der Waals surface area contributed by atoms with E-state index in [4.69, 9.17) is 16.0 Å². The molecule has 3 aromatic rings. The van der Waals surface area contributed by atoms with Gasteiger partial charge in [0, 0.05) is 11.6 Å². The normalized spacial score (nSPS) is 11.7. The summed E-state index contributed by atoms with van der Waals surface area (Å²) in [6.45, 7) is 2.36. The molecule has 0 unspecified atom stereocenters. The summed E-state index contributed by atoms with van der Waals surface area (Å²) in [6.07, 6.45) is 1.75. The number of hydrogen-bond donors (Lipinski definition) is 1. The zero-order valence-corrected chi connectivity index (χ0v) is 16.9. The van der Waals surface area contributed by atoms with E-state index in [1.54, 1.807) is 42.4 Å². The number of nitrogens with one attached hydrogen (secondary N) is 1. The SMILES string of the molecule is C[C@@H](C(=O)NCc1ccco1)N(Cc1ccccc1)C(=O)Cc1ccc(Cl)cc1. The van der Waals surface area contributed by atoms with Gasteiger partial charge >= 0.3 is 0 Å². The number of rotatable bonds is 8. The first-order chi connectivity index (χ1) is 14.0. The van der Waals surface area contributed by atoms with Gasteiger partial charge in [-0.25, -0.2) is 0 Å². The van der Waals surface area contributed by atoms with Crippen LogP contribution >= 0.6 is 11.6 Å². The Labute approximate surface area is 175 Å². The van der Waals surface area contributed by atoms with Crippen LogP contribution in [-0.2, 0) is 29.1 Å². The van der Waals surface area contributed by atoms with Crippen LogP contribution in [0.4, 0.5) is 0 Å². The Hall–Kier alpha value is -3.05. The van der Waals surface area contributed by atoms with Crippen molar-refractivity contribution in [1.82, 2.24) is 10.2 Å². The van der Waals surface area contributed by atoms with Crippen LogP contribution in [0.3, 0.4) is 0 Å². The number of hydrogen-bond acceptors (Lipinski definition) is 3. The van der Waals surface area contributed by atoms with Gasteiger partial charge in [0.25, 0.3) is 0 Å². The lowest BCUT2D eigenvalue weighted by Gasteiger charge is -2.29. The zero-order valence-electron chi connectivity index (χ0n) is 16.2. The standard InChI is InChI=1S/C23H23ClN2O3/c1-17(23(28)25-15-21-8-5-13-29-21)26(16-19-6-3-2-4-7-19)22(27)14-18-9-11-20(24)12-10-18/h2-13,17H,14-16H2,1H3,(H,25,28)/t17-/m0/s1.